The minimum atomic E-state index is -0.144. The van der Waals surface area contributed by atoms with Crippen LogP contribution in [0, 0.1) is 0 Å². The van der Waals surface area contributed by atoms with Gasteiger partial charge in [0.2, 0.25) is 0 Å². The summed E-state index contributed by atoms with van der Waals surface area (Å²) < 4.78 is 0. The van der Waals surface area contributed by atoms with Crippen molar-refractivity contribution >= 4 is 29.1 Å². The van der Waals surface area contributed by atoms with Crippen molar-refractivity contribution < 1.29 is 4.79 Å². The molecular weight excluding hydrogens is 369 g/mol. The molecule has 6 heteroatoms. The third-order valence-corrected chi connectivity index (χ3v) is 4.95. The molecule has 0 saturated carbocycles. The zero-order valence-electron chi connectivity index (χ0n) is 14.8. The van der Waals surface area contributed by atoms with E-state index >= 15 is 0 Å². The zero-order chi connectivity index (χ0) is 18.5. The molecule has 1 N–H and O–H groups in total. The number of carbonyl (C=O) groups is 1. The lowest BCUT2D eigenvalue weighted by Gasteiger charge is -2.25. The fourth-order valence-electron chi connectivity index (χ4n) is 3.27. The van der Waals surface area contributed by atoms with Crippen molar-refractivity contribution in [2.75, 3.05) is 33.2 Å². The molecule has 2 aromatic rings. The third kappa shape index (κ3) is 5.45. The van der Waals surface area contributed by atoms with Crippen LogP contribution in [0.2, 0.25) is 10.0 Å². The highest BCUT2D eigenvalue weighted by Gasteiger charge is 2.23. The van der Waals surface area contributed by atoms with Crippen LogP contribution in [-0.2, 0) is 6.54 Å². The van der Waals surface area contributed by atoms with Crippen LogP contribution in [0.25, 0.3) is 0 Å². The van der Waals surface area contributed by atoms with Crippen LogP contribution in [-0.4, -0.2) is 55.0 Å². The molecule has 26 heavy (non-hydrogen) atoms. The van der Waals surface area contributed by atoms with E-state index in [4.69, 9.17) is 23.2 Å². The highest BCUT2D eigenvalue weighted by Crippen LogP contribution is 2.19. The number of amides is 1. The minimum absolute atomic E-state index is 0.0384. The summed E-state index contributed by atoms with van der Waals surface area (Å²) in [4.78, 5) is 17.3. The van der Waals surface area contributed by atoms with Gasteiger partial charge in [-0.15, -0.1) is 0 Å². The zero-order valence-corrected chi connectivity index (χ0v) is 16.3. The SMILES string of the molecule is CN1CCN(Cc2ccccc2)CC(NC(=O)c2cc(Cl)cc(Cl)c2)C1. The third-order valence-electron chi connectivity index (χ3n) is 4.52. The second-order valence-corrected chi connectivity index (χ2v) is 7.68. The van der Waals surface area contributed by atoms with Crippen LogP contribution >= 0.6 is 23.2 Å². The Bertz CT molecular complexity index is 734. The summed E-state index contributed by atoms with van der Waals surface area (Å²) in [7, 11) is 2.08. The molecule has 0 aromatic heterocycles. The second kappa shape index (κ2) is 8.87. The van der Waals surface area contributed by atoms with E-state index in [0.717, 1.165) is 32.7 Å². The monoisotopic (exact) mass is 391 g/mol. The maximum absolute atomic E-state index is 12.6. The van der Waals surface area contributed by atoms with Gasteiger partial charge in [-0.3, -0.25) is 9.69 Å². The molecule has 1 aliphatic heterocycles. The first kappa shape index (κ1) is 19.2. The van der Waals surface area contributed by atoms with E-state index in [2.05, 4.69) is 46.4 Å². The Balaban J connectivity index is 1.67. The number of hydrogen-bond acceptors (Lipinski definition) is 3. The van der Waals surface area contributed by atoms with Gasteiger partial charge >= 0.3 is 0 Å². The summed E-state index contributed by atoms with van der Waals surface area (Å²) in [6, 6.07) is 15.4. The van der Waals surface area contributed by atoms with E-state index in [1.165, 1.54) is 5.56 Å². The van der Waals surface area contributed by atoms with E-state index in [0.29, 0.717) is 15.6 Å². The molecular formula is C20H23Cl2N3O. The fraction of sp³-hybridized carbons (Fsp3) is 0.350. The van der Waals surface area contributed by atoms with Gasteiger partial charge in [0.25, 0.3) is 5.91 Å². The lowest BCUT2D eigenvalue weighted by atomic mass is 10.1. The van der Waals surface area contributed by atoms with E-state index in [-0.39, 0.29) is 11.9 Å². The Kier molecular flexibility index (Phi) is 6.54. The summed E-state index contributed by atoms with van der Waals surface area (Å²) in [6.45, 7) is 4.44. The number of benzene rings is 2. The van der Waals surface area contributed by atoms with Crippen LogP contribution in [0.5, 0.6) is 0 Å². The smallest absolute Gasteiger partial charge is 0.251 e. The van der Waals surface area contributed by atoms with Crippen LogP contribution in [0.4, 0.5) is 0 Å². The lowest BCUT2D eigenvalue weighted by molar-refractivity contribution is 0.0924. The summed E-state index contributed by atoms with van der Waals surface area (Å²) in [5.74, 6) is -0.144. The minimum Gasteiger partial charge on any atom is -0.347 e. The van der Waals surface area contributed by atoms with Crippen molar-refractivity contribution in [1.29, 1.82) is 0 Å². The van der Waals surface area contributed by atoms with Gasteiger partial charge in [-0.2, -0.15) is 0 Å². The Morgan fingerprint density at radius 1 is 1.08 bits per heavy atom. The molecule has 1 amide bonds. The van der Waals surface area contributed by atoms with E-state index in [1.807, 2.05) is 6.07 Å². The Hall–Kier alpha value is -1.59. The van der Waals surface area contributed by atoms with Crippen LogP contribution < -0.4 is 5.32 Å². The van der Waals surface area contributed by atoms with Gasteiger partial charge in [0.05, 0.1) is 6.04 Å². The lowest BCUT2D eigenvalue weighted by Crippen LogP contribution is -2.46. The van der Waals surface area contributed by atoms with Crippen molar-refractivity contribution in [1.82, 2.24) is 15.1 Å². The van der Waals surface area contributed by atoms with Gasteiger partial charge in [-0.05, 0) is 30.8 Å². The fourth-order valence-corrected chi connectivity index (χ4v) is 3.80. The number of halogens is 2. The number of nitrogens with one attached hydrogen (secondary N) is 1. The van der Waals surface area contributed by atoms with E-state index < -0.39 is 0 Å². The van der Waals surface area contributed by atoms with Crippen molar-refractivity contribution in [2.24, 2.45) is 0 Å². The van der Waals surface area contributed by atoms with Gasteiger partial charge in [-0.25, -0.2) is 0 Å². The average molecular weight is 392 g/mol. The first-order valence-corrected chi connectivity index (χ1v) is 9.47. The molecule has 0 bridgehead atoms. The molecule has 1 atom stereocenters. The molecule has 0 spiro atoms. The maximum Gasteiger partial charge on any atom is 0.251 e. The predicted octanol–water partition coefficient (Wildman–Crippen LogP) is 3.54. The molecule has 1 saturated heterocycles. The van der Waals surface area contributed by atoms with Crippen molar-refractivity contribution in [3.05, 3.63) is 69.7 Å². The van der Waals surface area contributed by atoms with Crippen LogP contribution in [0.15, 0.2) is 48.5 Å². The summed E-state index contributed by atoms with van der Waals surface area (Å²) in [6.07, 6.45) is 0. The largest absolute Gasteiger partial charge is 0.347 e. The Morgan fingerprint density at radius 3 is 2.46 bits per heavy atom. The maximum atomic E-state index is 12.6. The molecule has 3 rings (SSSR count). The summed E-state index contributed by atoms with van der Waals surface area (Å²) in [5, 5.41) is 4.06. The normalized spacial score (nSPS) is 19.1. The highest BCUT2D eigenvalue weighted by molar-refractivity contribution is 6.35. The Morgan fingerprint density at radius 2 is 1.77 bits per heavy atom. The molecule has 1 unspecified atom stereocenters. The molecule has 4 nitrogen and oxygen atoms in total. The van der Waals surface area contributed by atoms with Gasteiger partial charge < -0.3 is 10.2 Å². The topological polar surface area (TPSA) is 35.6 Å². The molecule has 0 radical (unpaired) electrons. The molecule has 1 heterocycles. The highest BCUT2D eigenvalue weighted by atomic mass is 35.5. The first-order valence-electron chi connectivity index (χ1n) is 8.71. The van der Waals surface area contributed by atoms with Crippen molar-refractivity contribution in [3.63, 3.8) is 0 Å². The number of likely N-dealkylation sites (N-methyl/N-ethyl adjacent to an activating group) is 1. The van der Waals surface area contributed by atoms with Gasteiger partial charge in [-0.1, -0.05) is 53.5 Å². The average Bonchev–Trinajstić information content (AvgIpc) is 2.76. The summed E-state index contributed by atoms with van der Waals surface area (Å²) in [5.41, 5.74) is 1.77. The molecule has 1 aliphatic rings. The van der Waals surface area contributed by atoms with E-state index in [9.17, 15) is 4.79 Å². The number of rotatable bonds is 4. The van der Waals surface area contributed by atoms with Gasteiger partial charge in [0, 0.05) is 48.3 Å². The predicted molar refractivity (Wildman–Crippen MR) is 107 cm³/mol. The van der Waals surface area contributed by atoms with E-state index in [1.54, 1.807) is 18.2 Å². The quantitative estimate of drug-likeness (QED) is 0.865. The molecule has 1 fully saturated rings. The van der Waals surface area contributed by atoms with Crippen LogP contribution in [0.1, 0.15) is 15.9 Å². The molecule has 0 aliphatic carbocycles. The Labute approximate surface area is 164 Å². The first-order chi connectivity index (χ1) is 12.5. The number of carbonyl (C=O) groups excluding carboxylic acids is 1. The van der Waals surface area contributed by atoms with Gasteiger partial charge in [0.15, 0.2) is 0 Å². The van der Waals surface area contributed by atoms with Crippen molar-refractivity contribution in [2.45, 2.75) is 12.6 Å². The van der Waals surface area contributed by atoms with Gasteiger partial charge in [0.1, 0.15) is 0 Å². The summed E-state index contributed by atoms with van der Waals surface area (Å²) >= 11 is 12.0. The number of nitrogens with zero attached hydrogens (tertiary/aromatic N) is 2. The van der Waals surface area contributed by atoms with Crippen LogP contribution in [0.3, 0.4) is 0 Å². The molecule has 2 aromatic carbocycles. The second-order valence-electron chi connectivity index (χ2n) is 6.81. The number of hydrogen-bond donors (Lipinski definition) is 1. The molecule has 138 valence electrons. The van der Waals surface area contributed by atoms with Crippen molar-refractivity contribution in [3.8, 4) is 0 Å². The standard InChI is InChI=1S/C20H23Cl2N3O/c1-24-7-8-25(12-15-5-3-2-4-6-15)14-19(13-24)23-20(26)16-9-17(21)11-18(22)10-16/h2-6,9-11,19H,7-8,12-14H2,1H3,(H,23,26).